The summed E-state index contributed by atoms with van der Waals surface area (Å²) in [5, 5.41) is 0. The van der Waals surface area contributed by atoms with Crippen molar-refractivity contribution in [1.82, 2.24) is 4.90 Å². The van der Waals surface area contributed by atoms with Crippen LogP contribution in [-0.4, -0.2) is 37.9 Å². The fourth-order valence-corrected chi connectivity index (χ4v) is 2.95. The number of nitrogens with two attached hydrogens (primary N) is 1. The number of hydrogen-bond donors (Lipinski definition) is 1. The zero-order valence-corrected chi connectivity index (χ0v) is 13.6. The van der Waals surface area contributed by atoms with Gasteiger partial charge in [0.25, 0.3) is 0 Å². The van der Waals surface area contributed by atoms with Gasteiger partial charge in [-0.1, -0.05) is 0 Å². The number of amides is 1. The summed E-state index contributed by atoms with van der Waals surface area (Å²) in [6, 6.07) is 1.91. The van der Waals surface area contributed by atoms with E-state index in [1.807, 2.05) is 13.0 Å². The second kappa shape index (κ2) is 6.87. The number of nitrogens with zero attached hydrogens (tertiary/aromatic N) is 1. The highest BCUT2D eigenvalue weighted by atomic mass is 16.6. The molecule has 0 saturated carbocycles. The maximum Gasteiger partial charge on any atom is 0.410 e. The molecule has 2 rings (SSSR count). The second-order valence-corrected chi connectivity index (χ2v) is 5.31. The number of methoxy groups -OCH3 is 2. The molecule has 1 atom stereocenters. The molecular weight excluding hydrogens is 284 g/mol. The minimum Gasteiger partial charge on any atom is -0.496 e. The number of benzene rings is 1. The van der Waals surface area contributed by atoms with E-state index in [2.05, 4.69) is 0 Å². The van der Waals surface area contributed by atoms with Gasteiger partial charge in [0.1, 0.15) is 11.5 Å². The van der Waals surface area contributed by atoms with Crippen molar-refractivity contribution in [1.29, 1.82) is 0 Å². The first kappa shape index (κ1) is 16.4. The number of hydrogen-bond acceptors (Lipinski definition) is 5. The lowest BCUT2D eigenvalue weighted by Crippen LogP contribution is -2.43. The van der Waals surface area contributed by atoms with Crippen LogP contribution in [-0.2, 0) is 24.2 Å². The van der Waals surface area contributed by atoms with Gasteiger partial charge < -0.3 is 24.8 Å². The molecule has 0 aliphatic carbocycles. The van der Waals surface area contributed by atoms with Crippen LogP contribution in [0.4, 0.5) is 4.79 Å². The molecule has 6 nitrogen and oxygen atoms in total. The van der Waals surface area contributed by atoms with Crippen LogP contribution in [0.5, 0.6) is 11.5 Å². The van der Waals surface area contributed by atoms with Gasteiger partial charge in [0.05, 0.1) is 27.4 Å². The summed E-state index contributed by atoms with van der Waals surface area (Å²) >= 11 is 0. The van der Waals surface area contributed by atoms with Crippen LogP contribution in [0, 0.1) is 0 Å². The van der Waals surface area contributed by atoms with Crippen molar-refractivity contribution in [2.75, 3.05) is 20.8 Å². The molecule has 22 heavy (non-hydrogen) atoms. The SMILES string of the molecule is CCOC(=O)N1Cc2c(OC)cc(CN)c(OC)c2CC1C. The largest absolute Gasteiger partial charge is 0.496 e. The van der Waals surface area contributed by atoms with Crippen molar-refractivity contribution < 1.29 is 19.0 Å². The van der Waals surface area contributed by atoms with Crippen LogP contribution in [0.3, 0.4) is 0 Å². The van der Waals surface area contributed by atoms with Gasteiger partial charge in [-0.05, 0) is 26.3 Å². The lowest BCUT2D eigenvalue weighted by atomic mass is 9.91. The van der Waals surface area contributed by atoms with Crippen LogP contribution < -0.4 is 15.2 Å². The molecule has 0 aromatic heterocycles. The van der Waals surface area contributed by atoms with E-state index in [-0.39, 0.29) is 12.1 Å². The molecule has 1 aromatic carbocycles. The van der Waals surface area contributed by atoms with Gasteiger partial charge in [-0.3, -0.25) is 0 Å². The van der Waals surface area contributed by atoms with E-state index < -0.39 is 0 Å². The molecule has 6 heteroatoms. The first-order chi connectivity index (χ1) is 10.6. The average molecular weight is 308 g/mol. The normalized spacial score (nSPS) is 17.0. The number of rotatable bonds is 4. The zero-order chi connectivity index (χ0) is 16.3. The Morgan fingerprint density at radius 2 is 2.09 bits per heavy atom. The standard InChI is InChI=1S/C16H24N2O4/c1-5-22-16(19)18-9-13-12(6-10(18)2)15(21-4)11(8-17)7-14(13)20-3/h7,10H,5-6,8-9,17H2,1-4H3. The van der Waals surface area contributed by atoms with E-state index in [1.165, 1.54) is 0 Å². The van der Waals surface area contributed by atoms with Gasteiger partial charge in [-0.15, -0.1) is 0 Å². The minimum absolute atomic E-state index is 0.0261. The zero-order valence-electron chi connectivity index (χ0n) is 13.6. The number of carbonyl (C=O) groups is 1. The lowest BCUT2D eigenvalue weighted by molar-refractivity contribution is 0.0853. The molecule has 1 aliphatic rings. The topological polar surface area (TPSA) is 74.0 Å². The Bertz CT molecular complexity index is 560. The predicted molar refractivity (Wildman–Crippen MR) is 83.2 cm³/mol. The molecule has 1 unspecified atom stereocenters. The van der Waals surface area contributed by atoms with Crippen molar-refractivity contribution in [3.8, 4) is 11.5 Å². The summed E-state index contributed by atoms with van der Waals surface area (Å²) in [6.45, 7) is 4.99. The number of fused-ring (bicyclic) bond motifs is 1. The molecule has 1 heterocycles. The Morgan fingerprint density at radius 3 is 2.64 bits per heavy atom. The van der Waals surface area contributed by atoms with Crippen LogP contribution in [0.15, 0.2) is 6.07 Å². The summed E-state index contributed by atoms with van der Waals surface area (Å²) in [5.74, 6) is 1.53. The van der Waals surface area contributed by atoms with Gasteiger partial charge in [0, 0.05) is 29.3 Å². The average Bonchev–Trinajstić information content (AvgIpc) is 2.52. The van der Waals surface area contributed by atoms with E-state index in [9.17, 15) is 4.79 Å². The first-order valence-electron chi connectivity index (χ1n) is 7.46. The predicted octanol–water partition coefficient (Wildman–Crippen LogP) is 2.07. The highest BCUT2D eigenvalue weighted by molar-refractivity contribution is 5.69. The van der Waals surface area contributed by atoms with E-state index >= 15 is 0 Å². The van der Waals surface area contributed by atoms with Crippen molar-refractivity contribution >= 4 is 6.09 Å². The highest BCUT2D eigenvalue weighted by Crippen LogP contribution is 2.39. The molecule has 0 spiro atoms. The van der Waals surface area contributed by atoms with Crippen molar-refractivity contribution in [2.45, 2.75) is 39.4 Å². The van der Waals surface area contributed by atoms with Crippen molar-refractivity contribution in [3.63, 3.8) is 0 Å². The number of ether oxygens (including phenoxy) is 3. The molecule has 1 amide bonds. The van der Waals surface area contributed by atoms with E-state index in [4.69, 9.17) is 19.9 Å². The quantitative estimate of drug-likeness (QED) is 0.921. The molecule has 1 aliphatic heterocycles. The van der Waals surface area contributed by atoms with Crippen LogP contribution in [0.1, 0.15) is 30.5 Å². The monoisotopic (exact) mass is 308 g/mol. The van der Waals surface area contributed by atoms with Crippen molar-refractivity contribution in [3.05, 3.63) is 22.8 Å². The van der Waals surface area contributed by atoms with E-state index in [1.54, 1.807) is 26.0 Å². The summed E-state index contributed by atoms with van der Waals surface area (Å²) in [6.07, 6.45) is 0.381. The maximum absolute atomic E-state index is 12.1. The Hall–Kier alpha value is -1.95. The van der Waals surface area contributed by atoms with Gasteiger partial charge in [-0.2, -0.15) is 0 Å². The molecule has 0 fully saturated rings. The molecule has 0 saturated heterocycles. The van der Waals surface area contributed by atoms with Crippen LogP contribution >= 0.6 is 0 Å². The third-order valence-corrected chi connectivity index (χ3v) is 4.04. The van der Waals surface area contributed by atoms with Gasteiger partial charge in [-0.25, -0.2) is 4.79 Å². The molecule has 122 valence electrons. The molecule has 2 N–H and O–H groups in total. The highest BCUT2D eigenvalue weighted by Gasteiger charge is 2.32. The summed E-state index contributed by atoms with van der Waals surface area (Å²) < 4.78 is 16.2. The summed E-state index contributed by atoms with van der Waals surface area (Å²) in [5.41, 5.74) is 8.75. The Morgan fingerprint density at radius 1 is 1.36 bits per heavy atom. The fourth-order valence-electron chi connectivity index (χ4n) is 2.95. The first-order valence-corrected chi connectivity index (χ1v) is 7.46. The van der Waals surface area contributed by atoms with Gasteiger partial charge in [0.2, 0.25) is 0 Å². The minimum atomic E-state index is -0.301. The van der Waals surface area contributed by atoms with Gasteiger partial charge in [0.15, 0.2) is 0 Å². The van der Waals surface area contributed by atoms with E-state index in [0.29, 0.717) is 26.1 Å². The fraction of sp³-hybridized carbons (Fsp3) is 0.562. The van der Waals surface area contributed by atoms with Gasteiger partial charge >= 0.3 is 6.09 Å². The Balaban J connectivity index is 2.48. The Kier molecular flexibility index (Phi) is 5.13. The third-order valence-electron chi connectivity index (χ3n) is 4.04. The smallest absolute Gasteiger partial charge is 0.410 e. The Labute approximate surface area is 131 Å². The van der Waals surface area contributed by atoms with E-state index in [0.717, 1.165) is 28.2 Å². The molecule has 0 radical (unpaired) electrons. The lowest BCUT2D eigenvalue weighted by Gasteiger charge is -2.35. The molecule has 1 aromatic rings. The van der Waals surface area contributed by atoms with Crippen LogP contribution in [0.25, 0.3) is 0 Å². The molecule has 0 bridgehead atoms. The summed E-state index contributed by atoms with van der Waals surface area (Å²) in [7, 11) is 3.26. The van der Waals surface area contributed by atoms with Crippen LogP contribution in [0.2, 0.25) is 0 Å². The molecular formula is C16H24N2O4. The van der Waals surface area contributed by atoms with Crippen molar-refractivity contribution in [2.24, 2.45) is 5.73 Å². The number of carbonyl (C=O) groups excluding carboxylic acids is 1. The second-order valence-electron chi connectivity index (χ2n) is 5.31. The maximum atomic E-state index is 12.1. The third kappa shape index (κ3) is 2.83. The summed E-state index contributed by atoms with van der Waals surface area (Å²) in [4.78, 5) is 13.8.